The lowest BCUT2D eigenvalue weighted by Crippen LogP contribution is -2.36. The van der Waals surface area contributed by atoms with Gasteiger partial charge in [-0.25, -0.2) is 0 Å². The fourth-order valence-corrected chi connectivity index (χ4v) is 1.35. The fourth-order valence-electron chi connectivity index (χ4n) is 1.35. The molecule has 0 heterocycles. The lowest BCUT2D eigenvalue weighted by molar-refractivity contribution is 0.0930. The molecule has 0 aromatic heterocycles. The number of allylic oxidation sites excluding steroid dienone is 2. The summed E-state index contributed by atoms with van der Waals surface area (Å²) in [6.07, 6.45) is 5.87. The van der Waals surface area contributed by atoms with Crippen LogP contribution in [0.5, 0.6) is 0 Å². The predicted octanol–water partition coefficient (Wildman–Crippen LogP) is 0.661. The second kappa shape index (κ2) is 3.17. The number of aliphatic hydroxyl groups is 1. The van der Waals surface area contributed by atoms with Crippen molar-refractivity contribution in [3.63, 3.8) is 0 Å². The van der Waals surface area contributed by atoms with Crippen molar-refractivity contribution in [2.75, 3.05) is 0 Å². The molecule has 0 bridgehead atoms. The van der Waals surface area contributed by atoms with E-state index >= 15 is 0 Å². The van der Waals surface area contributed by atoms with E-state index in [2.05, 4.69) is 12.2 Å². The highest BCUT2D eigenvalue weighted by molar-refractivity contribution is 4.97. The molecule has 0 fully saturated rings. The summed E-state index contributed by atoms with van der Waals surface area (Å²) >= 11 is 0. The Morgan fingerprint density at radius 1 is 1.50 bits per heavy atom. The molecular formula is C8H15NO. The zero-order chi connectivity index (χ0) is 7.56. The number of rotatable bonds is 2. The SMILES string of the molecule is CC(N)C(O)C1CC=CC1. The molecule has 0 aliphatic heterocycles. The molecule has 1 aliphatic carbocycles. The molecule has 0 aromatic carbocycles. The van der Waals surface area contributed by atoms with Gasteiger partial charge in [-0.05, 0) is 25.7 Å². The molecule has 58 valence electrons. The molecule has 0 spiro atoms. The van der Waals surface area contributed by atoms with Crippen molar-refractivity contribution in [3.8, 4) is 0 Å². The standard InChI is InChI=1S/C8H15NO/c1-6(9)8(10)7-4-2-3-5-7/h2-3,6-8,10H,4-5,9H2,1H3. The first kappa shape index (κ1) is 7.76. The third-order valence-electron chi connectivity index (χ3n) is 2.07. The minimum absolute atomic E-state index is 0.0927. The van der Waals surface area contributed by atoms with E-state index in [1.54, 1.807) is 0 Å². The Morgan fingerprint density at radius 2 is 2.00 bits per heavy atom. The van der Waals surface area contributed by atoms with E-state index in [0.29, 0.717) is 5.92 Å². The van der Waals surface area contributed by atoms with E-state index in [0.717, 1.165) is 12.8 Å². The maximum atomic E-state index is 9.46. The van der Waals surface area contributed by atoms with Crippen LogP contribution in [0.4, 0.5) is 0 Å². The van der Waals surface area contributed by atoms with Crippen LogP contribution in [-0.4, -0.2) is 17.3 Å². The van der Waals surface area contributed by atoms with Crippen LogP contribution >= 0.6 is 0 Å². The molecular weight excluding hydrogens is 126 g/mol. The summed E-state index contributed by atoms with van der Waals surface area (Å²) in [6, 6.07) is -0.0927. The van der Waals surface area contributed by atoms with Gasteiger partial charge in [0.2, 0.25) is 0 Å². The van der Waals surface area contributed by atoms with Crippen molar-refractivity contribution in [3.05, 3.63) is 12.2 Å². The first-order valence-electron chi connectivity index (χ1n) is 3.80. The Labute approximate surface area is 61.7 Å². The van der Waals surface area contributed by atoms with Gasteiger partial charge in [0.1, 0.15) is 0 Å². The summed E-state index contributed by atoms with van der Waals surface area (Å²) in [4.78, 5) is 0. The van der Waals surface area contributed by atoms with Crippen molar-refractivity contribution in [1.82, 2.24) is 0 Å². The molecule has 3 N–H and O–H groups in total. The van der Waals surface area contributed by atoms with Gasteiger partial charge in [0, 0.05) is 6.04 Å². The van der Waals surface area contributed by atoms with Crippen LogP contribution in [0.3, 0.4) is 0 Å². The van der Waals surface area contributed by atoms with Crippen molar-refractivity contribution in [1.29, 1.82) is 0 Å². The van der Waals surface area contributed by atoms with Gasteiger partial charge < -0.3 is 10.8 Å². The lowest BCUT2D eigenvalue weighted by Gasteiger charge is -2.20. The molecule has 2 heteroatoms. The van der Waals surface area contributed by atoms with Gasteiger partial charge in [-0.15, -0.1) is 0 Å². The lowest BCUT2D eigenvalue weighted by atomic mass is 9.95. The molecule has 0 amide bonds. The third kappa shape index (κ3) is 1.58. The zero-order valence-electron chi connectivity index (χ0n) is 6.33. The van der Waals surface area contributed by atoms with Crippen LogP contribution < -0.4 is 5.73 Å². The summed E-state index contributed by atoms with van der Waals surface area (Å²) < 4.78 is 0. The van der Waals surface area contributed by atoms with E-state index in [4.69, 9.17) is 5.73 Å². The Kier molecular flexibility index (Phi) is 2.46. The summed E-state index contributed by atoms with van der Waals surface area (Å²) in [5, 5.41) is 9.46. The Bertz CT molecular complexity index is 123. The first-order valence-corrected chi connectivity index (χ1v) is 3.80. The highest BCUT2D eigenvalue weighted by atomic mass is 16.3. The van der Waals surface area contributed by atoms with Crippen molar-refractivity contribution in [2.24, 2.45) is 11.7 Å². The summed E-state index contributed by atoms with van der Waals surface area (Å²) in [7, 11) is 0. The van der Waals surface area contributed by atoms with E-state index in [-0.39, 0.29) is 12.1 Å². The molecule has 2 unspecified atom stereocenters. The van der Waals surface area contributed by atoms with Gasteiger partial charge in [-0.2, -0.15) is 0 Å². The van der Waals surface area contributed by atoms with Crippen LogP contribution in [0.2, 0.25) is 0 Å². The Morgan fingerprint density at radius 3 is 2.40 bits per heavy atom. The Hall–Kier alpha value is -0.340. The topological polar surface area (TPSA) is 46.2 Å². The number of hydrogen-bond donors (Lipinski definition) is 2. The van der Waals surface area contributed by atoms with E-state index < -0.39 is 0 Å². The normalized spacial score (nSPS) is 25.1. The Balaban J connectivity index is 2.34. The zero-order valence-corrected chi connectivity index (χ0v) is 6.33. The third-order valence-corrected chi connectivity index (χ3v) is 2.07. The quantitative estimate of drug-likeness (QED) is 0.555. The molecule has 2 atom stereocenters. The average molecular weight is 141 g/mol. The molecule has 1 rings (SSSR count). The first-order chi connectivity index (χ1) is 4.72. The molecule has 2 nitrogen and oxygen atoms in total. The van der Waals surface area contributed by atoms with Crippen molar-refractivity contribution < 1.29 is 5.11 Å². The molecule has 0 saturated heterocycles. The smallest absolute Gasteiger partial charge is 0.0722 e. The second-order valence-electron chi connectivity index (χ2n) is 3.05. The fraction of sp³-hybridized carbons (Fsp3) is 0.750. The molecule has 0 radical (unpaired) electrons. The van der Waals surface area contributed by atoms with E-state index in [1.165, 1.54) is 0 Å². The van der Waals surface area contributed by atoms with Crippen molar-refractivity contribution >= 4 is 0 Å². The van der Waals surface area contributed by atoms with Gasteiger partial charge in [-0.3, -0.25) is 0 Å². The number of aliphatic hydroxyl groups excluding tert-OH is 1. The second-order valence-corrected chi connectivity index (χ2v) is 3.05. The van der Waals surface area contributed by atoms with Crippen LogP contribution in [0, 0.1) is 5.92 Å². The summed E-state index contributed by atoms with van der Waals surface area (Å²) in [5.41, 5.74) is 5.54. The summed E-state index contributed by atoms with van der Waals surface area (Å²) in [6.45, 7) is 1.85. The van der Waals surface area contributed by atoms with Gasteiger partial charge in [0.25, 0.3) is 0 Å². The van der Waals surface area contributed by atoms with Crippen LogP contribution in [0.15, 0.2) is 12.2 Å². The summed E-state index contributed by atoms with van der Waals surface area (Å²) in [5.74, 6) is 0.375. The van der Waals surface area contributed by atoms with Gasteiger partial charge in [-0.1, -0.05) is 12.2 Å². The van der Waals surface area contributed by atoms with Gasteiger partial charge in [0.15, 0.2) is 0 Å². The average Bonchev–Trinajstić information content (AvgIpc) is 2.36. The van der Waals surface area contributed by atoms with Crippen LogP contribution in [0.1, 0.15) is 19.8 Å². The highest BCUT2D eigenvalue weighted by Crippen LogP contribution is 2.22. The van der Waals surface area contributed by atoms with E-state index in [1.807, 2.05) is 6.92 Å². The van der Waals surface area contributed by atoms with Crippen molar-refractivity contribution in [2.45, 2.75) is 31.9 Å². The minimum atomic E-state index is -0.324. The maximum absolute atomic E-state index is 9.46. The number of nitrogens with two attached hydrogens (primary N) is 1. The highest BCUT2D eigenvalue weighted by Gasteiger charge is 2.22. The van der Waals surface area contributed by atoms with Crippen LogP contribution in [0.25, 0.3) is 0 Å². The van der Waals surface area contributed by atoms with E-state index in [9.17, 15) is 5.11 Å². The minimum Gasteiger partial charge on any atom is -0.391 e. The monoisotopic (exact) mass is 141 g/mol. The molecule has 0 aromatic rings. The molecule has 10 heavy (non-hydrogen) atoms. The largest absolute Gasteiger partial charge is 0.391 e. The van der Waals surface area contributed by atoms with Gasteiger partial charge in [0.05, 0.1) is 6.10 Å². The molecule has 0 saturated carbocycles. The van der Waals surface area contributed by atoms with Gasteiger partial charge >= 0.3 is 0 Å². The predicted molar refractivity (Wildman–Crippen MR) is 41.5 cm³/mol. The molecule has 1 aliphatic rings. The van der Waals surface area contributed by atoms with Crippen LogP contribution in [-0.2, 0) is 0 Å². The maximum Gasteiger partial charge on any atom is 0.0722 e. The number of hydrogen-bond acceptors (Lipinski definition) is 2.